The van der Waals surface area contributed by atoms with Gasteiger partial charge in [-0.3, -0.25) is 9.78 Å². The molecular weight excluding hydrogens is 303 g/mol. The SMILES string of the molecule is Cc1nc2ccc(F)cc2cc1C(=O)Nc1cccc(Cl)c1. The van der Waals surface area contributed by atoms with Gasteiger partial charge in [0, 0.05) is 16.1 Å². The van der Waals surface area contributed by atoms with Gasteiger partial charge in [-0.05, 0) is 49.4 Å². The number of hydrogen-bond acceptors (Lipinski definition) is 2. The lowest BCUT2D eigenvalue weighted by atomic mass is 10.1. The van der Waals surface area contributed by atoms with Crippen molar-refractivity contribution in [1.82, 2.24) is 4.98 Å². The Morgan fingerprint density at radius 3 is 2.77 bits per heavy atom. The maximum atomic E-state index is 13.3. The quantitative estimate of drug-likeness (QED) is 0.751. The third kappa shape index (κ3) is 2.92. The number of carbonyl (C=O) groups excluding carboxylic acids is 1. The Labute approximate surface area is 131 Å². The van der Waals surface area contributed by atoms with E-state index in [-0.39, 0.29) is 11.7 Å². The first kappa shape index (κ1) is 14.5. The van der Waals surface area contributed by atoms with Crippen molar-refractivity contribution < 1.29 is 9.18 Å². The summed E-state index contributed by atoms with van der Waals surface area (Å²) in [4.78, 5) is 16.7. The second-order valence-corrected chi connectivity index (χ2v) is 5.36. The molecule has 1 N–H and O–H groups in total. The maximum absolute atomic E-state index is 13.3. The van der Waals surface area contributed by atoms with E-state index in [0.29, 0.717) is 32.9 Å². The van der Waals surface area contributed by atoms with Crippen molar-refractivity contribution in [3.63, 3.8) is 0 Å². The predicted molar refractivity (Wildman–Crippen MR) is 85.8 cm³/mol. The summed E-state index contributed by atoms with van der Waals surface area (Å²) in [5, 5.41) is 3.88. The number of nitrogens with zero attached hydrogens (tertiary/aromatic N) is 1. The molecule has 0 saturated heterocycles. The Bertz CT molecular complexity index is 880. The molecule has 0 atom stereocenters. The number of aromatic nitrogens is 1. The largest absolute Gasteiger partial charge is 0.322 e. The van der Waals surface area contributed by atoms with E-state index < -0.39 is 0 Å². The van der Waals surface area contributed by atoms with Crippen LogP contribution in [0.3, 0.4) is 0 Å². The zero-order chi connectivity index (χ0) is 15.7. The summed E-state index contributed by atoms with van der Waals surface area (Å²) in [5.74, 6) is -0.669. The van der Waals surface area contributed by atoms with E-state index >= 15 is 0 Å². The molecule has 5 heteroatoms. The van der Waals surface area contributed by atoms with E-state index in [1.54, 1.807) is 43.3 Å². The molecule has 0 aliphatic rings. The molecule has 0 spiro atoms. The number of anilines is 1. The molecule has 0 radical (unpaired) electrons. The average Bonchev–Trinajstić information content (AvgIpc) is 2.47. The summed E-state index contributed by atoms with van der Waals surface area (Å²) < 4.78 is 13.3. The average molecular weight is 315 g/mol. The van der Waals surface area contributed by atoms with Crippen LogP contribution >= 0.6 is 11.6 Å². The highest BCUT2D eigenvalue weighted by Gasteiger charge is 2.12. The van der Waals surface area contributed by atoms with Crippen LogP contribution in [0.2, 0.25) is 5.02 Å². The van der Waals surface area contributed by atoms with Crippen LogP contribution in [-0.2, 0) is 0 Å². The van der Waals surface area contributed by atoms with E-state index in [0.717, 1.165) is 0 Å². The Kier molecular flexibility index (Phi) is 3.77. The molecule has 0 bridgehead atoms. The van der Waals surface area contributed by atoms with Crippen LogP contribution in [0.25, 0.3) is 10.9 Å². The fourth-order valence-electron chi connectivity index (χ4n) is 2.24. The zero-order valence-corrected chi connectivity index (χ0v) is 12.5. The van der Waals surface area contributed by atoms with Crippen molar-refractivity contribution >= 4 is 34.1 Å². The molecule has 22 heavy (non-hydrogen) atoms. The first-order chi connectivity index (χ1) is 10.5. The number of carbonyl (C=O) groups is 1. The highest BCUT2D eigenvalue weighted by Crippen LogP contribution is 2.20. The van der Waals surface area contributed by atoms with Gasteiger partial charge in [0.05, 0.1) is 16.8 Å². The van der Waals surface area contributed by atoms with Crippen LogP contribution in [0.4, 0.5) is 10.1 Å². The fraction of sp³-hybridized carbons (Fsp3) is 0.0588. The standard InChI is InChI=1S/C17H12ClFN2O/c1-10-15(8-11-7-13(19)5-6-16(11)20-10)17(22)21-14-4-2-3-12(18)9-14/h2-9H,1H3,(H,21,22). The minimum atomic E-state index is -0.362. The number of fused-ring (bicyclic) bond motifs is 1. The fourth-order valence-corrected chi connectivity index (χ4v) is 2.43. The summed E-state index contributed by atoms with van der Waals surface area (Å²) in [6.45, 7) is 1.75. The molecule has 0 aliphatic heterocycles. The molecule has 1 heterocycles. The summed E-state index contributed by atoms with van der Waals surface area (Å²) in [5.41, 5.74) is 2.23. The number of nitrogens with one attached hydrogen (secondary N) is 1. The van der Waals surface area contributed by atoms with Crippen molar-refractivity contribution in [2.75, 3.05) is 5.32 Å². The monoisotopic (exact) mass is 314 g/mol. The second-order valence-electron chi connectivity index (χ2n) is 4.92. The van der Waals surface area contributed by atoms with Gasteiger partial charge in [-0.25, -0.2) is 4.39 Å². The van der Waals surface area contributed by atoms with Crippen LogP contribution < -0.4 is 5.32 Å². The van der Waals surface area contributed by atoms with Crippen molar-refractivity contribution in [2.24, 2.45) is 0 Å². The van der Waals surface area contributed by atoms with Gasteiger partial charge in [0.25, 0.3) is 5.91 Å². The molecule has 3 rings (SSSR count). The van der Waals surface area contributed by atoms with Crippen LogP contribution in [0, 0.1) is 12.7 Å². The molecule has 1 amide bonds. The van der Waals surface area contributed by atoms with Gasteiger partial charge in [0.1, 0.15) is 5.82 Å². The number of rotatable bonds is 2. The molecule has 0 saturated carbocycles. The third-order valence-electron chi connectivity index (χ3n) is 3.29. The molecule has 2 aromatic carbocycles. The smallest absolute Gasteiger partial charge is 0.257 e. The lowest BCUT2D eigenvalue weighted by Crippen LogP contribution is -2.14. The molecule has 1 aromatic heterocycles. The molecule has 3 aromatic rings. The normalized spacial score (nSPS) is 10.7. The molecular formula is C17H12ClFN2O. The van der Waals surface area contributed by atoms with Crippen molar-refractivity contribution in [3.05, 3.63) is 70.6 Å². The minimum absolute atomic E-state index is 0.307. The van der Waals surface area contributed by atoms with Crippen LogP contribution in [0.5, 0.6) is 0 Å². The Morgan fingerprint density at radius 1 is 1.18 bits per heavy atom. The summed E-state index contributed by atoms with van der Waals surface area (Å²) in [6, 6.07) is 12.8. The maximum Gasteiger partial charge on any atom is 0.257 e. The van der Waals surface area contributed by atoms with Gasteiger partial charge in [-0.2, -0.15) is 0 Å². The highest BCUT2D eigenvalue weighted by atomic mass is 35.5. The number of aryl methyl sites for hydroxylation is 1. The lowest BCUT2D eigenvalue weighted by Gasteiger charge is -2.09. The Morgan fingerprint density at radius 2 is 2.00 bits per heavy atom. The molecule has 0 unspecified atom stereocenters. The first-order valence-electron chi connectivity index (χ1n) is 6.67. The number of pyridine rings is 1. The summed E-state index contributed by atoms with van der Waals surface area (Å²) >= 11 is 5.90. The van der Waals surface area contributed by atoms with Crippen LogP contribution in [0.15, 0.2) is 48.5 Å². The Hall–Kier alpha value is -2.46. The number of benzene rings is 2. The highest BCUT2D eigenvalue weighted by molar-refractivity contribution is 6.31. The van der Waals surface area contributed by atoms with Crippen molar-refractivity contribution in [3.8, 4) is 0 Å². The lowest BCUT2D eigenvalue weighted by molar-refractivity contribution is 0.102. The molecule has 110 valence electrons. The van der Waals surface area contributed by atoms with Gasteiger partial charge in [-0.1, -0.05) is 17.7 Å². The van der Waals surface area contributed by atoms with E-state index in [1.165, 1.54) is 12.1 Å². The number of hydrogen-bond donors (Lipinski definition) is 1. The van der Waals surface area contributed by atoms with Crippen molar-refractivity contribution in [2.45, 2.75) is 6.92 Å². The first-order valence-corrected chi connectivity index (χ1v) is 7.04. The zero-order valence-electron chi connectivity index (χ0n) is 11.7. The van der Waals surface area contributed by atoms with E-state index in [9.17, 15) is 9.18 Å². The van der Waals surface area contributed by atoms with Gasteiger partial charge in [0.2, 0.25) is 0 Å². The third-order valence-corrected chi connectivity index (χ3v) is 3.53. The van der Waals surface area contributed by atoms with Gasteiger partial charge in [-0.15, -0.1) is 0 Å². The van der Waals surface area contributed by atoms with E-state index in [4.69, 9.17) is 11.6 Å². The minimum Gasteiger partial charge on any atom is -0.322 e. The Balaban J connectivity index is 1.98. The van der Waals surface area contributed by atoms with Gasteiger partial charge >= 0.3 is 0 Å². The number of halogens is 2. The summed E-state index contributed by atoms with van der Waals surface area (Å²) in [7, 11) is 0. The molecule has 0 fully saturated rings. The van der Waals surface area contributed by atoms with Gasteiger partial charge in [0.15, 0.2) is 0 Å². The topological polar surface area (TPSA) is 42.0 Å². The molecule has 0 aliphatic carbocycles. The number of amides is 1. The van der Waals surface area contributed by atoms with Crippen molar-refractivity contribution in [1.29, 1.82) is 0 Å². The van der Waals surface area contributed by atoms with Gasteiger partial charge < -0.3 is 5.32 Å². The van der Waals surface area contributed by atoms with Crippen LogP contribution in [-0.4, -0.2) is 10.9 Å². The summed E-state index contributed by atoms with van der Waals surface area (Å²) in [6.07, 6.45) is 0. The molecule has 3 nitrogen and oxygen atoms in total. The van der Waals surface area contributed by atoms with E-state index in [2.05, 4.69) is 10.3 Å². The van der Waals surface area contributed by atoms with E-state index in [1.807, 2.05) is 0 Å². The predicted octanol–water partition coefficient (Wildman–Crippen LogP) is 4.59. The van der Waals surface area contributed by atoms with Crippen LogP contribution in [0.1, 0.15) is 16.1 Å². The second kappa shape index (κ2) is 5.73.